The van der Waals surface area contributed by atoms with Gasteiger partial charge in [0.25, 0.3) is 0 Å². The number of nitrogens with zero attached hydrogens (tertiary/aromatic N) is 1. The van der Waals surface area contributed by atoms with Crippen molar-refractivity contribution in [2.45, 2.75) is 26.7 Å². The van der Waals surface area contributed by atoms with E-state index < -0.39 is 35.7 Å². The standard InChI is InChI=1S/C19H23NO6/c1-4-24-17(21)14(12-20)15(13-10-8-7-9-11-13)16(18(22)25-5-2)19(23)26-6-3/h7-11,14-16H,4-6H2,1-3H3. The summed E-state index contributed by atoms with van der Waals surface area (Å²) in [6.45, 7) is 4.98. The molecule has 0 radical (unpaired) electrons. The Morgan fingerprint density at radius 1 is 0.885 bits per heavy atom. The Hall–Kier alpha value is -2.88. The first-order valence-electron chi connectivity index (χ1n) is 8.46. The Kier molecular flexibility index (Phi) is 8.85. The molecule has 26 heavy (non-hydrogen) atoms. The highest BCUT2D eigenvalue weighted by atomic mass is 16.6. The van der Waals surface area contributed by atoms with Gasteiger partial charge in [-0.2, -0.15) is 5.26 Å². The highest BCUT2D eigenvalue weighted by Crippen LogP contribution is 2.35. The third kappa shape index (κ3) is 5.31. The number of benzene rings is 1. The summed E-state index contributed by atoms with van der Waals surface area (Å²) in [5, 5.41) is 9.57. The first-order chi connectivity index (χ1) is 12.5. The summed E-state index contributed by atoms with van der Waals surface area (Å²) < 4.78 is 15.0. The zero-order valence-corrected chi connectivity index (χ0v) is 15.1. The van der Waals surface area contributed by atoms with Crippen molar-refractivity contribution in [3.8, 4) is 6.07 Å². The maximum absolute atomic E-state index is 12.5. The van der Waals surface area contributed by atoms with E-state index in [1.807, 2.05) is 6.07 Å². The molecule has 0 heterocycles. The number of hydrogen-bond acceptors (Lipinski definition) is 7. The minimum absolute atomic E-state index is 0.0485. The van der Waals surface area contributed by atoms with Crippen LogP contribution in [0.4, 0.5) is 0 Å². The molecule has 0 aliphatic heterocycles. The molecular weight excluding hydrogens is 338 g/mol. The third-order valence-corrected chi connectivity index (χ3v) is 3.66. The van der Waals surface area contributed by atoms with Crippen molar-refractivity contribution in [3.05, 3.63) is 35.9 Å². The summed E-state index contributed by atoms with van der Waals surface area (Å²) in [5.74, 6) is -6.39. The van der Waals surface area contributed by atoms with E-state index in [0.29, 0.717) is 5.56 Å². The molecule has 0 saturated heterocycles. The molecule has 1 rings (SSSR count). The van der Waals surface area contributed by atoms with Crippen LogP contribution in [-0.4, -0.2) is 37.7 Å². The Morgan fingerprint density at radius 2 is 1.35 bits per heavy atom. The molecule has 0 saturated carbocycles. The predicted octanol–water partition coefficient (Wildman–Crippen LogP) is 2.22. The van der Waals surface area contributed by atoms with Gasteiger partial charge in [-0.1, -0.05) is 30.3 Å². The van der Waals surface area contributed by atoms with Crippen LogP contribution in [-0.2, 0) is 28.6 Å². The van der Waals surface area contributed by atoms with Crippen molar-refractivity contribution in [1.29, 1.82) is 5.26 Å². The molecule has 2 atom stereocenters. The maximum Gasteiger partial charge on any atom is 0.324 e. The summed E-state index contributed by atoms with van der Waals surface area (Å²) in [7, 11) is 0. The monoisotopic (exact) mass is 361 g/mol. The number of hydrogen-bond donors (Lipinski definition) is 0. The number of ether oxygens (including phenoxy) is 3. The fraction of sp³-hybridized carbons (Fsp3) is 0.474. The van der Waals surface area contributed by atoms with Crippen molar-refractivity contribution >= 4 is 17.9 Å². The largest absolute Gasteiger partial charge is 0.465 e. The zero-order chi connectivity index (χ0) is 19.5. The van der Waals surface area contributed by atoms with Crippen LogP contribution in [0.2, 0.25) is 0 Å². The molecule has 140 valence electrons. The Morgan fingerprint density at radius 3 is 1.77 bits per heavy atom. The van der Waals surface area contributed by atoms with Crippen molar-refractivity contribution in [2.24, 2.45) is 11.8 Å². The fourth-order valence-corrected chi connectivity index (χ4v) is 2.62. The SMILES string of the molecule is CCOC(=O)C(C#N)C(c1ccccc1)C(C(=O)OCC)C(=O)OCC. The second kappa shape index (κ2) is 10.9. The lowest BCUT2D eigenvalue weighted by Gasteiger charge is -2.27. The van der Waals surface area contributed by atoms with Crippen molar-refractivity contribution in [3.63, 3.8) is 0 Å². The van der Waals surface area contributed by atoms with Crippen LogP contribution in [0.3, 0.4) is 0 Å². The highest BCUT2D eigenvalue weighted by molar-refractivity contribution is 5.97. The number of nitriles is 1. The molecule has 7 nitrogen and oxygen atoms in total. The molecule has 0 fully saturated rings. The predicted molar refractivity (Wildman–Crippen MR) is 91.7 cm³/mol. The molecule has 0 aliphatic carbocycles. The Labute approximate surface area is 152 Å². The van der Waals surface area contributed by atoms with Crippen LogP contribution in [0.1, 0.15) is 32.3 Å². The van der Waals surface area contributed by atoms with Gasteiger partial charge in [0, 0.05) is 5.92 Å². The molecule has 0 bridgehead atoms. The molecule has 1 aromatic carbocycles. The summed E-state index contributed by atoms with van der Waals surface area (Å²) in [4.78, 5) is 37.3. The molecule has 0 amide bonds. The van der Waals surface area contributed by atoms with Gasteiger partial charge in [0.15, 0.2) is 11.8 Å². The lowest BCUT2D eigenvalue weighted by Crippen LogP contribution is -2.39. The molecule has 2 unspecified atom stereocenters. The third-order valence-electron chi connectivity index (χ3n) is 3.66. The van der Waals surface area contributed by atoms with Gasteiger partial charge < -0.3 is 14.2 Å². The van der Waals surface area contributed by atoms with E-state index in [1.54, 1.807) is 51.1 Å². The molecule has 7 heteroatoms. The van der Waals surface area contributed by atoms with E-state index in [4.69, 9.17) is 14.2 Å². The van der Waals surface area contributed by atoms with Crippen molar-refractivity contribution < 1.29 is 28.6 Å². The Balaban J connectivity index is 3.47. The van der Waals surface area contributed by atoms with E-state index in [0.717, 1.165) is 0 Å². The van der Waals surface area contributed by atoms with Gasteiger partial charge in [-0.3, -0.25) is 14.4 Å². The molecule has 1 aromatic rings. The van der Waals surface area contributed by atoms with Gasteiger partial charge in [0.1, 0.15) is 0 Å². The van der Waals surface area contributed by atoms with E-state index in [1.165, 1.54) is 0 Å². The maximum atomic E-state index is 12.5. The van der Waals surface area contributed by atoms with Gasteiger partial charge >= 0.3 is 17.9 Å². The molecular formula is C19H23NO6. The summed E-state index contributed by atoms with van der Waals surface area (Å²) in [6.07, 6.45) is 0. The Bertz CT molecular complexity index is 634. The highest BCUT2D eigenvalue weighted by Gasteiger charge is 2.46. The average molecular weight is 361 g/mol. The number of rotatable bonds is 9. The van der Waals surface area contributed by atoms with Gasteiger partial charge in [-0.15, -0.1) is 0 Å². The van der Waals surface area contributed by atoms with E-state index >= 15 is 0 Å². The van der Waals surface area contributed by atoms with E-state index in [9.17, 15) is 19.6 Å². The second-order valence-electron chi connectivity index (χ2n) is 5.28. The lowest BCUT2D eigenvalue weighted by molar-refractivity contribution is -0.164. The van der Waals surface area contributed by atoms with Crippen LogP contribution in [0.15, 0.2) is 30.3 Å². The van der Waals surface area contributed by atoms with Crippen LogP contribution >= 0.6 is 0 Å². The number of esters is 3. The summed E-state index contributed by atoms with van der Waals surface area (Å²) >= 11 is 0. The van der Waals surface area contributed by atoms with Crippen LogP contribution in [0.25, 0.3) is 0 Å². The quantitative estimate of drug-likeness (QED) is 0.377. The fourth-order valence-electron chi connectivity index (χ4n) is 2.62. The molecule has 0 spiro atoms. The molecule has 0 N–H and O–H groups in total. The van der Waals surface area contributed by atoms with Crippen molar-refractivity contribution in [1.82, 2.24) is 0 Å². The zero-order valence-electron chi connectivity index (χ0n) is 15.1. The minimum atomic E-state index is -1.45. The smallest absolute Gasteiger partial charge is 0.324 e. The van der Waals surface area contributed by atoms with Gasteiger partial charge in [-0.25, -0.2) is 0 Å². The first kappa shape index (κ1) is 21.2. The minimum Gasteiger partial charge on any atom is -0.465 e. The van der Waals surface area contributed by atoms with Crippen molar-refractivity contribution in [2.75, 3.05) is 19.8 Å². The summed E-state index contributed by atoms with van der Waals surface area (Å²) in [6, 6.07) is 10.3. The number of carbonyl (C=O) groups excluding carboxylic acids is 3. The van der Waals surface area contributed by atoms with Crippen LogP contribution in [0.5, 0.6) is 0 Å². The molecule has 0 aromatic heterocycles. The van der Waals surface area contributed by atoms with E-state index in [-0.39, 0.29) is 19.8 Å². The first-order valence-corrected chi connectivity index (χ1v) is 8.46. The topological polar surface area (TPSA) is 103 Å². The second-order valence-corrected chi connectivity index (χ2v) is 5.28. The van der Waals surface area contributed by atoms with E-state index in [2.05, 4.69) is 0 Å². The van der Waals surface area contributed by atoms with Gasteiger partial charge in [-0.05, 0) is 26.3 Å². The van der Waals surface area contributed by atoms with Gasteiger partial charge in [0.05, 0.1) is 25.9 Å². The average Bonchev–Trinajstić information content (AvgIpc) is 2.63. The molecule has 0 aliphatic rings. The van der Waals surface area contributed by atoms with Crippen LogP contribution in [0, 0.1) is 23.2 Å². The number of carbonyl (C=O) groups is 3. The lowest BCUT2D eigenvalue weighted by atomic mass is 9.77. The van der Waals surface area contributed by atoms with Crippen LogP contribution < -0.4 is 0 Å². The van der Waals surface area contributed by atoms with Gasteiger partial charge in [0.2, 0.25) is 0 Å². The summed E-state index contributed by atoms with van der Waals surface area (Å²) in [5.41, 5.74) is 0.471. The normalized spacial score (nSPS) is 12.6.